The van der Waals surface area contributed by atoms with E-state index in [4.69, 9.17) is 9.47 Å². The second kappa shape index (κ2) is 7.99. The molecule has 1 aliphatic heterocycles. The van der Waals surface area contributed by atoms with Gasteiger partial charge < -0.3 is 14.4 Å². The number of rotatable bonds is 6. The van der Waals surface area contributed by atoms with Gasteiger partial charge in [-0.05, 0) is 43.0 Å². The number of methoxy groups -OCH3 is 2. The smallest absolute Gasteiger partial charge is 0.226 e. The van der Waals surface area contributed by atoms with Crippen molar-refractivity contribution in [1.29, 1.82) is 0 Å². The third-order valence-corrected chi connectivity index (χ3v) is 5.16. The molecule has 1 aliphatic carbocycles. The van der Waals surface area contributed by atoms with Crippen LogP contribution in [0.3, 0.4) is 0 Å². The van der Waals surface area contributed by atoms with E-state index in [2.05, 4.69) is 21.9 Å². The van der Waals surface area contributed by atoms with Crippen LogP contribution in [0.5, 0.6) is 5.75 Å². The Kier molecular flexibility index (Phi) is 5.74. The highest BCUT2D eigenvalue weighted by molar-refractivity contribution is 5.83. The van der Waals surface area contributed by atoms with Crippen molar-refractivity contribution in [3.63, 3.8) is 0 Å². The molecule has 5 nitrogen and oxygen atoms in total. The topological polar surface area (TPSA) is 42.0 Å². The zero-order valence-corrected chi connectivity index (χ0v) is 14.7. The molecule has 0 radical (unpaired) electrons. The fourth-order valence-corrected chi connectivity index (χ4v) is 3.56. The summed E-state index contributed by atoms with van der Waals surface area (Å²) >= 11 is 0. The van der Waals surface area contributed by atoms with Crippen LogP contribution < -0.4 is 4.74 Å². The van der Waals surface area contributed by atoms with Crippen LogP contribution in [0.25, 0.3) is 0 Å². The van der Waals surface area contributed by atoms with Gasteiger partial charge in [0.2, 0.25) is 5.91 Å². The molecule has 132 valence electrons. The summed E-state index contributed by atoms with van der Waals surface area (Å²) in [6.07, 6.45) is 2.03. The monoisotopic (exact) mass is 332 g/mol. The summed E-state index contributed by atoms with van der Waals surface area (Å²) in [4.78, 5) is 17.3. The molecule has 2 aliphatic rings. The normalized spacial score (nSPS) is 24.5. The second-order valence-electron chi connectivity index (χ2n) is 6.74. The van der Waals surface area contributed by atoms with E-state index in [0.29, 0.717) is 11.8 Å². The molecule has 0 N–H and O–H groups in total. The summed E-state index contributed by atoms with van der Waals surface area (Å²) in [6.45, 7) is 5.45. The van der Waals surface area contributed by atoms with E-state index >= 15 is 0 Å². The minimum atomic E-state index is 0.170. The van der Waals surface area contributed by atoms with E-state index in [-0.39, 0.29) is 5.92 Å². The molecule has 1 amide bonds. The molecular formula is C19H28N2O3. The quantitative estimate of drug-likeness (QED) is 0.799. The van der Waals surface area contributed by atoms with E-state index < -0.39 is 0 Å². The molecule has 0 aromatic heterocycles. The van der Waals surface area contributed by atoms with Gasteiger partial charge in [0, 0.05) is 39.2 Å². The lowest BCUT2D eigenvalue weighted by atomic mass is 10.1. The van der Waals surface area contributed by atoms with E-state index in [1.54, 1.807) is 14.2 Å². The highest BCUT2D eigenvalue weighted by Gasteiger charge is 2.45. The van der Waals surface area contributed by atoms with E-state index in [1.165, 1.54) is 5.56 Å². The van der Waals surface area contributed by atoms with Crippen molar-refractivity contribution in [1.82, 2.24) is 9.80 Å². The molecule has 5 heteroatoms. The minimum absolute atomic E-state index is 0.170. The van der Waals surface area contributed by atoms with Crippen molar-refractivity contribution in [3.05, 3.63) is 29.8 Å². The van der Waals surface area contributed by atoms with Gasteiger partial charge in [-0.15, -0.1) is 0 Å². The zero-order chi connectivity index (χ0) is 16.9. The van der Waals surface area contributed by atoms with Crippen LogP contribution in [-0.4, -0.2) is 69.3 Å². The number of hydrogen-bond acceptors (Lipinski definition) is 4. The third kappa shape index (κ3) is 4.08. The summed E-state index contributed by atoms with van der Waals surface area (Å²) < 4.78 is 10.4. The Morgan fingerprint density at radius 3 is 2.62 bits per heavy atom. The largest absolute Gasteiger partial charge is 0.497 e. The lowest BCUT2D eigenvalue weighted by molar-refractivity contribution is -0.132. The van der Waals surface area contributed by atoms with Gasteiger partial charge in [0.05, 0.1) is 13.7 Å². The summed E-state index contributed by atoms with van der Waals surface area (Å²) in [5, 5.41) is 0. The molecular weight excluding hydrogens is 304 g/mol. The number of carbonyl (C=O) groups is 1. The Morgan fingerprint density at radius 2 is 1.92 bits per heavy atom. The maximum atomic E-state index is 12.8. The first kappa shape index (κ1) is 17.2. The zero-order valence-electron chi connectivity index (χ0n) is 14.7. The lowest BCUT2D eigenvalue weighted by Gasteiger charge is -2.22. The lowest BCUT2D eigenvalue weighted by Crippen LogP contribution is -2.37. The van der Waals surface area contributed by atoms with Crippen molar-refractivity contribution >= 4 is 5.91 Å². The van der Waals surface area contributed by atoms with Gasteiger partial charge in [-0.1, -0.05) is 12.1 Å². The molecule has 2 fully saturated rings. The maximum absolute atomic E-state index is 12.8. The summed E-state index contributed by atoms with van der Waals surface area (Å²) in [5.41, 5.74) is 1.26. The maximum Gasteiger partial charge on any atom is 0.226 e. The predicted molar refractivity (Wildman–Crippen MR) is 93.4 cm³/mol. The molecule has 0 bridgehead atoms. The first-order chi connectivity index (χ1) is 11.7. The predicted octanol–water partition coefficient (Wildman–Crippen LogP) is 1.98. The van der Waals surface area contributed by atoms with Gasteiger partial charge >= 0.3 is 0 Å². The third-order valence-electron chi connectivity index (χ3n) is 5.16. The van der Waals surface area contributed by atoms with Crippen LogP contribution in [0, 0.1) is 5.92 Å². The Labute approximate surface area is 144 Å². The number of hydrogen-bond donors (Lipinski definition) is 0. The molecule has 2 atom stereocenters. The number of nitrogens with zero attached hydrogens (tertiary/aromatic N) is 2. The van der Waals surface area contributed by atoms with Crippen molar-refractivity contribution in [2.45, 2.75) is 18.8 Å². The average molecular weight is 332 g/mol. The SMILES string of the molecule is COCCN1CCCN(C(=O)[C@H]2C[C@@H]2c2ccc(OC)cc2)CC1. The Morgan fingerprint density at radius 1 is 1.12 bits per heavy atom. The molecule has 1 aromatic rings. The van der Waals surface area contributed by atoms with Crippen LogP contribution >= 0.6 is 0 Å². The van der Waals surface area contributed by atoms with E-state index in [9.17, 15) is 4.79 Å². The van der Waals surface area contributed by atoms with Gasteiger partial charge in [-0.25, -0.2) is 0 Å². The van der Waals surface area contributed by atoms with Crippen LogP contribution in [0.1, 0.15) is 24.3 Å². The summed E-state index contributed by atoms with van der Waals surface area (Å²) in [7, 11) is 3.41. The number of ether oxygens (including phenoxy) is 2. The molecule has 1 heterocycles. The molecule has 1 saturated carbocycles. The van der Waals surface area contributed by atoms with Crippen LogP contribution in [0.15, 0.2) is 24.3 Å². The van der Waals surface area contributed by atoms with Gasteiger partial charge in [0.25, 0.3) is 0 Å². The van der Waals surface area contributed by atoms with Gasteiger partial charge in [0.1, 0.15) is 5.75 Å². The second-order valence-corrected chi connectivity index (χ2v) is 6.74. The van der Waals surface area contributed by atoms with Crippen molar-refractivity contribution in [3.8, 4) is 5.75 Å². The number of carbonyl (C=O) groups excluding carboxylic acids is 1. The van der Waals surface area contributed by atoms with E-state index in [0.717, 1.165) is 57.9 Å². The highest BCUT2D eigenvalue weighted by atomic mass is 16.5. The van der Waals surface area contributed by atoms with Crippen LogP contribution in [-0.2, 0) is 9.53 Å². The van der Waals surface area contributed by atoms with Crippen LogP contribution in [0.4, 0.5) is 0 Å². The van der Waals surface area contributed by atoms with Crippen molar-refractivity contribution in [2.75, 3.05) is 53.6 Å². The first-order valence-electron chi connectivity index (χ1n) is 8.87. The molecule has 1 saturated heterocycles. The molecule has 24 heavy (non-hydrogen) atoms. The van der Waals surface area contributed by atoms with E-state index in [1.807, 2.05) is 12.1 Å². The van der Waals surface area contributed by atoms with Crippen molar-refractivity contribution in [2.24, 2.45) is 5.92 Å². The Bertz CT molecular complexity index is 546. The average Bonchev–Trinajstić information content (AvgIpc) is 3.43. The van der Waals surface area contributed by atoms with Crippen LogP contribution in [0.2, 0.25) is 0 Å². The Hall–Kier alpha value is -1.59. The number of amides is 1. The Balaban J connectivity index is 1.52. The highest BCUT2D eigenvalue weighted by Crippen LogP contribution is 2.48. The fourth-order valence-electron chi connectivity index (χ4n) is 3.56. The standard InChI is InChI=1S/C19H28N2O3/c1-23-13-12-20-8-3-9-21(11-10-20)19(22)18-14-17(18)15-4-6-16(24-2)7-5-15/h4-7,17-18H,3,8-14H2,1-2H3/t17-,18+/m1/s1. The fraction of sp³-hybridized carbons (Fsp3) is 0.632. The molecule has 3 rings (SSSR count). The summed E-state index contributed by atoms with van der Waals surface area (Å²) in [5.74, 6) is 1.76. The van der Waals surface area contributed by atoms with Gasteiger partial charge in [-0.3, -0.25) is 9.69 Å². The van der Waals surface area contributed by atoms with Gasteiger partial charge in [-0.2, -0.15) is 0 Å². The molecule has 0 spiro atoms. The van der Waals surface area contributed by atoms with Gasteiger partial charge in [0.15, 0.2) is 0 Å². The van der Waals surface area contributed by atoms with Crippen molar-refractivity contribution < 1.29 is 14.3 Å². The number of benzene rings is 1. The molecule has 1 aromatic carbocycles. The summed E-state index contributed by atoms with van der Waals surface area (Å²) in [6, 6.07) is 8.14. The minimum Gasteiger partial charge on any atom is -0.497 e. The molecule has 0 unspecified atom stereocenters. The first-order valence-corrected chi connectivity index (χ1v) is 8.87.